The molecule has 1 N–H and O–H groups in total. The van der Waals surface area contributed by atoms with Gasteiger partial charge in [-0.1, -0.05) is 44.2 Å². The zero-order valence-electron chi connectivity index (χ0n) is 29.1. The van der Waals surface area contributed by atoms with Crippen molar-refractivity contribution in [1.82, 2.24) is 9.29 Å². The number of anilines is 1. The van der Waals surface area contributed by atoms with Gasteiger partial charge >= 0.3 is 0 Å². The van der Waals surface area contributed by atoms with Gasteiger partial charge in [0.15, 0.2) is 5.03 Å². The quantitative estimate of drug-likeness (QED) is 0.183. The summed E-state index contributed by atoms with van der Waals surface area (Å²) in [5, 5.41) is 2.45. The molecule has 13 heteroatoms. The SMILES string of the molecule is COc1ccc(CN(Cc2ccc(OC)cc2OC)S(=O)(=O)c2cc(NC(=O)C3CC(F)(F)CCC3CC3CCCCC3)ccn2)c(OC)c1. The Morgan fingerprint density at radius 2 is 1.46 bits per heavy atom. The predicted molar refractivity (Wildman–Crippen MR) is 185 cm³/mol. The van der Waals surface area contributed by atoms with Crippen molar-refractivity contribution in [3.63, 3.8) is 0 Å². The molecule has 2 saturated carbocycles. The third-order valence-corrected chi connectivity index (χ3v) is 11.6. The third kappa shape index (κ3) is 9.03. The maximum atomic E-state index is 14.7. The van der Waals surface area contributed by atoms with Crippen molar-refractivity contribution in [1.29, 1.82) is 0 Å². The molecular weight excluding hydrogens is 668 g/mol. The van der Waals surface area contributed by atoms with Crippen LogP contribution in [-0.4, -0.2) is 58.0 Å². The molecule has 0 aliphatic heterocycles. The summed E-state index contributed by atoms with van der Waals surface area (Å²) in [7, 11) is 1.68. The van der Waals surface area contributed by atoms with Crippen LogP contribution >= 0.6 is 0 Å². The van der Waals surface area contributed by atoms with Crippen LogP contribution in [0.3, 0.4) is 0 Å². The summed E-state index contributed by atoms with van der Waals surface area (Å²) in [5.41, 5.74) is 1.30. The van der Waals surface area contributed by atoms with Crippen LogP contribution in [0.15, 0.2) is 59.8 Å². The van der Waals surface area contributed by atoms with E-state index in [0.29, 0.717) is 40.0 Å². The lowest BCUT2D eigenvalue weighted by molar-refractivity contribution is -0.132. The van der Waals surface area contributed by atoms with E-state index < -0.39 is 34.2 Å². The first kappa shape index (κ1) is 37.3. The summed E-state index contributed by atoms with van der Waals surface area (Å²) in [6, 6.07) is 12.9. The minimum Gasteiger partial charge on any atom is -0.497 e. The minimum atomic E-state index is -4.33. The van der Waals surface area contributed by atoms with E-state index in [4.69, 9.17) is 18.9 Å². The first-order valence-electron chi connectivity index (χ1n) is 17.0. The number of benzene rings is 2. The third-order valence-electron chi connectivity index (χ3n) is 9.95. The second kappa shape index (κ2) is 16.4. The maximum absolute atomic E-state index is 14.7. The fourth-order valence-corrected chi connectivity index (χ4v) is 8.55. The summed E-state index contributed by atoms with van der Waals surface area (Å²) >= 11 is 0. The van der Waals surface area contributed by atoms with Crippen LogP contribution in [0.4, 0.5) is 14.5 Å². The molecule has 2 atom stereocenters. The predicted octanol–water partition coefficient (Wildman–Crippen LogP) is 7.47. The number of rotatable bonds is 14. The second-order valence-electron chi connectivity index (χ2n) is 13.2. The van der Waals surface area contributed by atoms with Crippen LogP contribution < -0.4 is 24.3 Å². The Morgan fingerprint density at radius 3 is 2.02 bits per heavy atom. The van der Waals surface area contributed by atoms with Crippen LogP contribution in [0, 0.1) is 17.8 Å². The topological polar surface area (TPSA) is 116 Å². The lowest BCUT2D eigenvalue weighted by atomic mass is 9.71. The molecule has 0 bridgehead atoms. The van der Waals surface area contributed by atoms with E-state index in [1.807, 2.05) is 0 Å². The number of sulfonamides is 1. The van der Waals surface area contributed by atoms with Gasteiger partial charge in [0.1, 0.15) is 23.0 Å². The monoisotopic (exact) mass is 715 g/mol. The highest BCUT2D eigenvalue weighted by atomic mass is 32.2. The molecule has 0 radical (unpaired) electrons. The molecule has 3 aromatic rings. The van der Waals surface area contributed by atoms with E-state index in [-0.39, 0.29) is 42.6 Å². The van der Waals surface area contributed by atoms with Crippen molar-refractivity contribution in [2.75, 3.05) is 33.8 Å². The highest BCUT2D eigenvalue weighted by molar-refractivity contribution is 7.89. The Hall–Kier alpha value is -3.97. The van der Waals surface area contributed by atoms with Gasteiger partial charge in [0.25, 0.3) is 10.0 Å². The van der Waals surface area contributed by atoms with Crippen molar-refractivity contribution >= 4 is 21.6 Å². The van der Waals surface area contributed by atoms with Gasteiger partial charge in [-0.15, -0.1) is 0 Å². The lowest BCUT2D eigenvalue weighted by Crippen LogP contribution is -2.40. The van der Waals surface area contributed by atoms with Crippen molar-refractivity contribution < 1.29 is 40.9 Å². The number of carbonyl (C=O) groups excluding carboxylic acids is 1. The van der Waals surface area contributed by atoms with Crippen molar-refractivity contribution in [2.45, 2.75) is 81.8 Å². The number of halogens is 2. The van der Waals surface area contributed by atoms with Crippen LogP contribution in [0.25, 0.3) is 0 Å². The highest BCUT2D eigenvalue weighted by Gasteiger charge is 2.45. The van der Waals surface area contributed by atoms with Gasteiger partial charge in [-0.25, -0.2) is 22.2 Å². The largest absolute Gasteiger partial charge is 0.497 e. The fraction of sp³-hybridized carbons (Fsp3) is 0.514. The first-order chi connectivity index (χ1) is 24.0. The number of amides is 1. The van der Waals surface area contributed by atoms with E-state index in [0.717, 1.165) is 32.1 Å². The molecule has 1 aromatic heterocycles. The van der Waals surface area contributed by atoms with E-state index in [1.165, 1.54) is 57.5 Å². The average Bonchev–Trinajstić information content (AvgIpc) is 3.12. The van der Waals surface area contributed by atoms with Gasteiger partial charge in [-0.05, 0) is 42.9 Å². The zero-order chi connectivity index (χ0) is 35.9. The molecule has 2 unspecified atom stereocenters. The zero-order valence-corrected chi connectivity index (χ0v) is 29.9. The number of nitrogens with one attached hydrogen (secondary N) is 1. The van der Waals surface area contributed by atoms with Crippen LogP contribution in [0.2, 0.25) is 0 Å². The summed E-state index contributed by atoms with van der Waals surface area (Å²) in [6.07, 6.45) is 7.17. The van der Waals surface area contributed by atoms with Gasteiger partial charge in [-0.2, -0.15) is 4.31 Å². The first-order valence-corrected chi connectivity index (χ1v) is 18.5. The molecule has 10 nitrogen and oxygen atoms in total. The molecule has 5 rings (SSSR count). The van der Waals surface area contributed by atoms with Crippen molar-refractivity contribution in [3.8, 4) is 23.0 Å². The molecule has 1 heterocycles. The van der Waals surface area contributed by atoms with Crippen LogP contribution in [0.5, 0.6) is 23.0 Å². The molecule has 2 aromatic carbocycles. The van der Waals surface area contributed by atoms with Gasteiger partial charge in [0.05, 0.1) is 28.4 Å². The van der Waals surface area contributed by atoms with Gasteiger partial charge in [0.2, 0.25) is 11.8 Å². The normalized spacial score (nSPS) is 19.5. The Morgan fingerprint density at radius 1 is 0.860 bits per heavy atom. The van der Waals surface area contributed by atoms with E-state index in [9.17, 15) is 22.0 Å². The number of alkyl halides is 2. The smallest absolute Gasteiger partial charge is 0.261 e. The molecular formula is C37H47F2N3O7S. The van der Waals surface area contributed by atoms with Gasteiger partial charge in [-0.3, -0.25) is 4.79 Å². The molecule has 2 fully saturated rings. The Labute approximate surface area is 293 Å². The number of pyridine rings is 1. The summed E-state index contributed by atoms with van der Waals surface area (Å²) < 4.78 is 81.1. The van der Waals surface area contributed by atoms with Crippen LogP contribution in [-0.2, 0) is 27.9 Å². The summed E-state index contributed by atoms with van der Waals surface area (Å²) in [5.74, 6) is -2.12. The van der Waals surface area contributed by atoms with E-state index in [1.54, 1.807) is 36.4 Å². The van der Waals surface area contributed by atoms with Gasteiger partial charge in [0, 0.05) is 73.1 Å². The fourth-order valence-electron chi connectivity index (χ4n) is 7.19. The van der Waals surface area contributed by atoms with Crippen molar-refractivity contribution in [3.05, 3.63) is 65.9 Å². The number of ether oxygens (including phenoxy) is 4. The number of aromatic nitrogens is 1. The Bertz CT molecular complexity index is 1680. The minimum absolute atomic E-state index is 0.108. The molecule has 0 spiro atoms. The molecule has 272 valence electrons. The number of methoxy groups -OCH3 is 4. The maximum Gasteiger partial charge on any atom is 0.261 e. The average molecular weight is 716 g/mol. The van der Waals surface area contributed by atoms with Crippen LogP contribution in [0.1, 0.15) is 68.9 Å². The van der Waals surface area contributed by atoms with Crippen molar-refractivity contribution in [2.24, 2.45) is 17.8 Å². The highest BCUT2D eigenvalue weighted by Crippen LogP contribution is 2.45. The van der Waals surface area contributed by atoms with E-state index >= 15 is 0 Å². The molecule has 2 aliphatic rings. The summed E-state index contributed by atoms with van der Waals surface area (Å²) in [4.78, 5) is 17.8. The molecule has 50 heavy (non-hydrogen) atoms. The molecule has 2 aliphatic carbocycles. The number of carbonyl (C=O) groups is 1. The number of nitrogens with zero attached hydrogens (tertiary/aromatic N) is 2. The second-order valence-corrected chi connectivity index (χ2v) is 15.1. The standard InChI is InChI=1S/C37H47F2N3O7S/c1-46-30-12-10-27(33(20-30)48-3)23-42(24-28-11-13-31(47-2)21-34(28)49-4)50(44,45)35-19-29(15-17-40-35)41-36(43)32-22-37(38,39)16-14-26(32)18-25-8-6-5-7-9-25/h10-13,15,17,19-21,25-26,32H,5-9,14,16,18,22-24H2,1-4H3,(H,40,41,43). The summed E-state index contributed by atoms with van der Waals surface area (Å²) in [6.45, 7) is -0.216. The molecule has 1 amide bonds. The lowest BCUT2D eigenvalue weighted by Gasteiger charge is -2.37. The number of hydrogen-bond acceptors (Lipinski definition) is 8. The van der Waals surface area contributed by atoms with E-state index in [2.05, 4.69) is 10.3 Å². The number of hydrogen-bond donors (Lipinski definition) is 1. The van der Waals surface area contributed by atoms with Gasteiger partial charge < -0.3 is 24.3 Å². The molecule has 0 saturated heterocycles. The Balaban J connectivity index is 1.43. The Kier molecular flexibility index (Phi) is 12.2.